The second-order valence-corrected chi connectivity index (χ2v) is 5.69. The molecule has 1 aromatic carbocycles. The number of hydrogen-bond donors (Lipinski definition) is 2. The first-order valence-electron chi connectivity index (χ1n) is 5.48. The fourth-order valence-corrected chi connectivity index (χ4v) is 3.34. The second kappa shape index (κ2) is 5.91. The van der Waals surface area contributed by atoms with Crippen molar-refractivity contribution < 1.29 is 9.52 Å². The molecule has 0 atom stereocenters. The number of benzene rings is 1. The molecule has 96 valence electrons. The first-order valence-corrected chi connectivity index (χ1v) is 7.06. The molecule has 0 fully saturated rings. The molecule has 0 spiro atoms. The Morgan fingerprint density at radius 2 is 1.78 bits per heavy atom. The van der Waals surface area contributed by atoms with E-state index in [4.69, 9.17) is 9.52 Å². The van der Waals surface area contributed by atoms with Gasteiger partial charge in [0.05, 0.1) is 12.2 Å². The molecule has 2 N–H and O–H groups in total. The Labute approximate surface area is 122 Å². The molecule has 1 aromatic heterocycles. The van der Waals surface area contributed by atoms with Gasteiger partial charge in [0.1, 0.15) is 18.1 Å². The third-order valence-corrected chi connectivity index (χ3v) is 3.75. The van der Waals surface area contributed by atoms with Gasteiger partial charge in [-0.3, -0.25) is 0 Å². The van der Waals surface area contributed by atoms with Crippen molar-refractivity contribution in [3.05, 3.63) is 50.3 Å². The zero-order chi connectivity index (χ0) is 13.1. The summed E-state index contributed by atoms with van der Waals surface area (Å²) < 4.78 is 7.42. The van der Waals surface area contributed by atoms with Gasteiger partial charge in [0.15, 0.2) is 0 Å². The number of furan rings is 1. The van der Waals surface area contributed by atoms with Gasteiger partial charge in [-0.1, -0.05) is 0 Å². The van der Waals surface area contributed by atoms with Gasteiger partial charge in [-0.05, 0) is 68.6 Å². The topological polar surface area (TPSA) is 45.4 Å². The number of hydrogen-bond acceptors (Lipinski definition) is 3. The molecule has 2 aromatic rings. The lowest BCUT2D eigenvalue weighted by atomic mass is 10.2. The summed E-state index contributed by atoms with van der Waals surface area (Å²) in [5.74, 6) is 1.37. The van der Waals surface area contributed by atoms with Crippen LogP contribution < -0.4 is 5.32 Å². The van der Waals surface area contributed by atoms with Gasteiger partial charge in [-0.15, -0.1) is 0 Å². The lowest BCUT2D eigenvalue weighted by Crippen LogP contribution is -2.00. The fraction of sp³-hybridized carbons (Fsp3) is 0.231. The van der Waals surface area contributed by atoms with E-state index in [0.29, 0.717) is 12.3 Å². The molecule has 0 aliphatic heterocycles. The van der Waals surface area contributed by atoms with Crippen molar-refractivity contribution in [2.45, 2.75) is 20.1 Å². The minimum absolute atomic E-state index is 0.0715. The largest absolute Gasteiger partial charge is 0.462 e. The van der Waals surface area contributed by atoms with Crippen molar-refractivity contribution in [2.75, 3.05) is 5.32 Å². The van der Waals surface area contributed by atoms with E-state index in [1.807, 2.05) is 25.1 Å². The maximum atomic E-state index is 8.93. The Kier molecular flexibility index (Phi) is 4.48. The van der Waals surface area contributed by atoms with Crippen LogP contribution in [0.1, 0.15) is 17.1 Å². The SMILES string of the molecule is Cc1cc(Br)c(NCc2ccc(CO)o2)c(Br)c1. The third kappa shape index (κ3) is 3.16. The molecular weight excluding hydrogens is 362 g/mol. The average Bonchev–Trinajstić information content (AvgIpc) is 2.75. The molecule has 0 bridgehead atoms. The molecular formula is C13H13Br2NO2. The number of aliphatic hydroxyl groups excluding tert-OH is 1. The van der Waals surface area contributed by atoms with Crippen LogP contribution in [0.15, 0.2) is 37.6 Å². The Balaban J connectivity index is 2.10. The number of anilines is 1. The summed E-state index contributed by atoms with van der Waals surface area (Å²) >= 11 is 7.05. The highest BCUT2D eigenvalue weighted by atomic mass is 79.9. The molecule has 1 heterocycles. The van der Waals surface area contributed by atoms with E-state index in [9.17, 15) is 0 Å². The van der Waals surface area contributed by atoms with Gasteiger partial charge in [0.2, 0.25) is 0 Å². The van der Waals surface area contributed by atoms with Crippen LogP contribution in [-0.4, -0.2) is 5.11 Å². The number of halogens is 2. The van der Waals surface area contributed by atoms with Crippen LogP contribution in [0, 0.1) is 6.92 Å². The van der Waals surface area contributed by atoms with Gasteiger partial charge in [0, 0.05) is 8.95 Å². The van der Waals surface area contributed by atoms with Crippen LogP contribution >= 0.6 is 31.9 Å². The predicted molar refractivity (Wildman–Crippen MR) is 78.5 cm³/mol. The van der Waals surface area contributed by atoms with E-state index in [1.54, 1.807) is 6.07 Å². The molecule has 0 radical (unpaired) electrons. The van der Waals surface area contributed by atoms with Crippen molar-refractivity contribution in [3.63, 3.8) is 0 Å². The molecule has 0 saturated heterocycles. The van der Waals surface area contributed by atoms with Crippen LogP contribution in [-0.2, 0) is 13.2 Å². The normalized spacial score (nSPS) is 10.7. The molecule has 0 aliphatic rings. The Bertz CT molecular complexity index is 529. The lowest BCUT2D eigenvalue weighted by Gasteiger charge is -2.10. The van der Waals surface area contributed by atoms with E-state index in [1.165, 1.54) is 5.56 Å². The highest BCUT2D eigenvalue weighted by Crippen LogP contribution is 2.32. The average molecular weight is 375 g/mol. The molecule has 5 heteroatoms. The van der Waals surface area contributed by atoms with Gasteiger partial charge >= 0.3 is 0 Å². The zero-order valence-corrected chi connectivity index (χ0v) is 13.0. The van der Waals surface area contributed by atoms with Gasteiger partial charge in [-0.2, -0.15) is 0 Å². The molecule has 2 rings (SSSR count). The summed E-state index contributed by atoms with van der Waals surface area (Å²) in [6.07, 6.45) is 0. The lowest BCUT2D eigenvalue weighted by molar-refractivity contribution is 0.244. The minimum atomic E-state index is -0.0715. The highest BCUT2D eigenvalue weighted by molar-refractivity contribution is 9.11. The monoisotopic (exact) mass is 373 g/mol. The van der Waals surface area contributed by atoms with E-state index >= 15 is 0 Å². The Morgan fingerprint density at radius 3 is 2.33 bits per heavy atom. The second-order valence-electron chi connectivity index (χ2n) is 3.98. The van der Waals surface area contributed by atoms with Crippen LogP contribution in [0.25, 0.3) is 0 Å². The molecule has 0 amide bonds. The van der Waals surface area contributed by atoms with E-state index in [2.05, 4.69) is 37.2 Å². The molecule has 18 heavy (non-hydrogen) atoms. The summed E-state index contributed by atoms with van der Waals surface area (Å²) in [5.41, 5.74) is 2.17. The summed E-state index contributed by atoms with van der Waals surface area (Å²) in [4.78, 5) is 0. The van der Waals surface area contributed by atoms with Crippen LogP contribution in [0.4, 0.5) is 5.69 Å². The molecule has 0 unspecified atom stereocenters. The number of aliphatic hydroxyl groups is 1. The molecule has 3 nitrogen and oxygen atoms in total. The summed E-state index contributed by atoms with van der Waals surface area (Å²) in [6.45, 7) is 2.54. The van der Waals surface area contributed by atoms with E-state index in [0.717, 1.165) is 20.4 Å². The summed E-state index contributed by atoms with van der Waals surface area (Å²) in [5, 5.41) is 12.2. The standard InChI is InChI=1S/C13H13Br2NO2/c1-8-4-11(14)13(12(15)5-8)16-6-9-2-3-10(7-17)18-9/h2-5,16-17H,6-7H2,1H3. The van der Waals surface area contributed by atoms with Crippen molar-refractivity contribution in [3.8, 4) is 0 Å². The Hall–Kier alpha value is -0.780. The first kappa shape index (κ1) is 13.6. The zero-order valence-electron chi connectivity index (χ0n) is 9.84. The summed E-state index contributed by atoms with van der Waals surface area (Å²) in [7, 11) is 0. The Morgan fingerprint density at radius 1 is 1.17 bits per heavy atom. The summed E-state index contributed by atoms with van der Waals surface area (Å²) in [6, 6.07) is 7.73. The van der Waals surface area contributed by atoms with Crippen molar-refractivity contribution >= 4 is 37.5 Å². The quantitative estimate of drug-likeness (QED) is 0.842. The number of nitrogens with one attached hydrogen (secondary N) is 1. The highest BCUT2D eigenvalue weighted by Gasteiger charge is 2.07. The fourth-order valence-electron chi connectivity index (χ4n) is 1.65. The van der Waals surface area contributed by atoms with Gasteiger partial charge in [0.25, 0.3) is 0 Å². The minimum Gasteiger partial charge on any atom is -0.462 e. The van der Waals surface area contributed by atoms with Crippen molar-refractivity contribution in [1.29, 1.82) is 0 Å². The van der Waals surface area contributed by atoms with Crippen molar-refractivity contribution in [1.82, 2.24) is 0 Å². The number of aryl methyl sites for hydroxylation is 1. The predicted octanol–water partition coefficient (Wildman–Crippen LogP) is 4.22. The maximum absolute atomic E-state index is 8.93. The van der Waals surface area contributed by atoms with Gasteiger partial charge < -0.3 is 14.8 Å². The molecule has 0 aliphatic carbocycles. The van der Waals surface area contributed by atoms with E-state index in [-0.39, 0.29) is 6.61 Å². The van der Waals surface area contributed by atoms with E-state index < -0.39 is 0 Å². The van der Waals surface area contributed by atoms with Crippen LogP contribution in [0.2, 0.25) is 0 Å². The number of rotatable bonds is 4. The first-order chi connectivity index (χ1) is 8.60. The third-order valence-electron chi connectivity index (χ3n) is 2.50. The van der Waals surface area contributed by atoms with Crippen LogP contribution in [0.5, 0.6) is 0 Å². The van der Waals surface area contributed by atoms with Crippen molar-refractivity contribution in [2.24, 2.45) is 0 Å². The van der Waals surface area contributed by atoms with Crippen LogP contribution in [0.3, 0.4) is 0 Å². The molecule has 0 saturated carbocycles. The smallest absolute Gasteiger partial charge is 0.129 e. The van der Waals surface area contributed by atoms with Gasteiger partial charge in [-0.25, -0.2) is 0 Å². The maximum Gasteiger partial charge on any atom is 0.129 e.